The van der Waals surface area contributed by atoms with Crippen LogP contribution in [0.25, 0.3) is 0 Å². The van der Waals surface area contributed by atoms with Crippen LogP contribution in [0.1, 0.15) is 61.0 Å². The molecule has 0 heterocycles. The van der Waals surface area contributed by atoms with Crippen molar-refractivity contribution < 1.29 is 0 Å². The summed E-state index contributed by atoms with van der Waals surface area (Å²) >= 11 is 3.81. The van der Waals surface area contributed by atoms with Gasteiger partial charge in [-0.05, 0) is 47.8 Å². The Morgan fingerprint density at radius 3 is 2.69 bits per heavy atom. The van der Waals surface area contributed by atoms with Gasteiger partial charge in [0.15, 0.2) is 0 Å². The largest absolute Gasteiger partial charge is 0.0839 e. The molecule has 1 aromatic carbocycles. The van der Waals surface area contributed by atoms with Crippen molar-refractivity contribution in [2.24, 2.45) is 5.92 Å². The fourth-order valence-electron chi connectivity index (χ4n) is 2.65. The fraction of sp³-hybridized carbons (Fsp3) is 0.600. The Bertz CT molecular complexity index is 368. The molecule has 0 amide bonds. The summed E-state index contributed by atoms with van der Waals surface area (Å²) in [6, 6.07) is 7.09. The van der Waals surface area contributed by atoms with E-state index in [1.54, 1.807) is 5.56 Å². The molecular formula is C15H21Br. The van der Waals surface area contributed by atoms with Crippen LogP contribution >= 0.6 is 15.9 Å². The van der Waals surface area contributed by atoms with Gasteiger partial charge in [0.25, 0.3) is 0 Å². The molecule has 2 rings (SSSR count). The highest BCUT2D eigenvalue weighted by molar-refractivity contribution is 9.09. The molecule has 0 saturated carbocycles. The van der Waals surface area contributed by atoms with Gasteiger partial charge in [-0.3, -0.25) is 0 Å². The molecule has 1 aliphatic rings. The molecule has 0 aromatic heterocycles. The minimum Gasteiger partial charge on any atom is -0.0839 e. The number of hydrogen-bond donors (Lipinski definition) is 0. The summed E-state index contributed by atoms with van der Waals surface area (Å²) in [5, 5.41) is 0. The first-order valence-corrected chi connectivity index (χ1v) is 7.26. The van der Waals surface area contributed by atoms with Gasteiger partial charge in [-0.1, -0.05) is 54.9 Å². The lowest BCUT2D eigenvalue weighted by Crippen LogP contribution is -2.10. The molecule has 0 nitrogen and oxygen atoms in total. The molecular weight excluding hydrogens is 260 g/mol. The maximum Gasteiger partial charge on any atom is 0.0398 e. The first kappa shape index (κ1) is 12.2. The summed E-state index contributed by atoms with van der Waals surface area (Å²) in [6.07, 6.45) is 3.78. The molecule has 0 saturated heterocycles. The summed E-state index contributed by atoms with van der Waals surface area (Å²) < 4.78 is 0. The van der Waals surface area contributed by atoms with E-state index in [9.17, 15) is 0 Å². The average molecular weight is 281 g/mol. The van der Waals surface area contributed by atoms with Gasteiger partial charge in [0.1, 0.15) is 0 Å². The lowest BCUT2D eigenvalue weighted by Gasteiger charge is -2.27. The van der Waals surface area contributed by atoms with Crippen LogP contribution in [0.2, 0.25) is 0 Å². The van der Waals surface area contributed by atoms with Gasteiger partial charge in [-0.25, -0.2) is 0 Å². The monoisotopic (exact) mass is 280 g/mol. The summed E-state index contributed by atoms with van der Waals surface area (Å²) in [6.45, 7) is 6.92. The van der Waals surface area contributed by atoms with Crippen LogP contribution in [-0.2, 0) is 6.42 Å². The quantitative estimate of drug-likeness (QED) is 0.652. The maximum atomic E-state index is 3.81. The van der Waals surface area contributed by atoms with Crippen molar-refractivity contribution in [1.29, 1.82) is 0 Å². The van der Waals surface area contributed by atoms with Gasteiger partial charge in [0, 0.05) is 4.83 Å². The minimum atomic E-state index is 0.575. The van der Waals surface area contributed by atoms with Gasteiger partial charge in [-0.15, -0.1) is 0 Å². The Morgan fingerprint density at radius 2 is 2.00 bits per heavy atom. The zero-order chi connectivity index (χ0) is 11.7. The smallest absolute Gasteiger partial charge is 0.0398 e. The molecule has 88 valence electrons. The Morgan fingerprint density at radius 1 is 1.25 bits per heavy atom. The van der Waals surface area contributed by atoms with Gasteiger partial charge < -0.3 is 0 Å². The van der Waals surface area contributed by atoms with Gasteiger partial charge in [0.05, 0.1) is 0 Å². The SMILES string of the molecule is CC(C)Cc1ccc2c(c1)C(Br)CCC2C. The number of halogens is 1. The van der Waals surface area contributed by atoms with Crippen LogP contribution in [0, 0.1) is 5.92 Å². The number of rotatable bonds is 2. The maximum absolute atomic E-state index is 3.81. The van der Waals surface area contributed by atoms with E-state index in [2.05, 4.69) is 54.9 Å². The van der Waals surface area contributed by atoms with E-state index in [4.69, 9.17) is 0 Å². The van der Waals surface area contributed by atoms with E-state index >= 15 is 0 Å². The van der Waals surface area contributed by atoms with Crippen LogP contribution in [0.5, 0.6) is 0 Å². The van der Waals surface area contributed by atoms with Crippen molar-refractivity contribution in [2.75, 3.05) is 0 Å². The zero-order valence-corrected chi connectivity index (χ0v) is 12.0. The first-order valence-electron chi connectivity index (χ1n) is 6.34. The Balaban J connectivity index is 2.32. The highest BCUT2D eigenvalue weighted by atomic mass is 79.9. The third kappa shape index (κ3) is 2.51. The predicted molar refractivity (Wildman–Crippen MR) is 74.3 cm³/mol. The molecule has 2 unspecified atom stereocenters. The van der Waals surface area contributed by atoms with E-state index in [-0.39, 0.29) is 0 Å². The van der Waals surface area contributed by atoms with E-state index in [0.717, 1.165) is 11.8 Å². The van der Waals surface area contributed by atoms with Crippen LogP contribution in [0.15, 0.2) is 18.2 Å². The minimum absolute atomic E-state index is 0.575. The number of fused-ring (bicyclic) bond motifs is 1. The molecule has 16 heavy (non-hydrogen) atoms. The molecule has 0 fully saturated rings. The van der Waals surface area contributed by atoms with Crippen molar-refractivity contribution in [1.82, 2.24) is 0 Å². The molecule has 1 aromatic rings. The van der Waals surface area contributed by atoms with Gasteiger partial charge >= 0.3 is 0 Å². The lowest BCUT2D eigenvalue weighted by molar-refractivity contribution is 0.584. The molecule has 0 radical (unpaired) electrons. The van der Waals surface area contributed by atoms with Gasteiger partial charge in [0.2, 0.25) is 0 Å². The number of alkyl halides is 1. The van der Waals surface area contributed by atoms with Crippen molar-refractivity contribution in [2.45, 2.75) is 50.8 Å². The highest BCUT2D eigenvalue weighted by Crippen LogP contribution is 2.42. The second-order valence-electron chi connectivity index (χ2n) is 5.51. The number of hydrogen-bond acceptors (Lipinski definition) is 0. The van der Waals surface area contributed by atoms with Crippen LogP contribution < -0.4 is 0 Å². The third-order valence-corrected chi connectivity index (χ3v) is 4.47. The van der Waals surface area contributed by atoms with E-state index < -0.39 is 0 Å². The topological polar surface area (TPSA) is 0 Å². The Kier molecular flexibility index (Phi) is 3.73. The van der Waals surface area contributed by atoms with Crippen LogP contribution in [0.4, 0.5) is 0 Å². The number of benzene rings is 1. The normalized spacial score (nSPS) is 24.6. The summed E-state index contributed by atoms with van der Waals surface area (Å²) in [5.41, 5.74) is 4.59. The first-order chi connectivity index (χ1) is 7.58. The molecule has 0 spiro atoms. The summed E-state index contributed by atoms with van der Waals surface area (Å²) in [7, 11) is 0. The molecule has 2 atom stereocenters. The van der Waals surface area contributed by atoms with Gasteiger partial charge in [-0.2, -0.15) is 0 Å². The molecule has 1 heteroatoms. The van der Waals surface area contributed by atoms with Crippen molar-refractivity contribution in [3.8, 4) is 0 Å². The molecule has 1 aliphatic carbocycles. The fourth-order valence-corrected chi connectivity index (χ4v) is 3.31. The van der Waals surface area contributed by atoms with Crippen molar-refractivity contribution in [3.05, 3.63) is 34.9 Å². The molecule has 0 aliphatic heterocycles. The van der Waals surface area contributed by atoms with Crippen LogP contribution in [-0.4, -0.2) is 0 Å². The van der Waals surface area contributed by atoms with Crippen LogP contribution in [0.3, 0.4) is 0 Å². The summed E-state index contributed by atoms with van der Waals surface area (Å²) in [4.78, 5) is 0.575. The average Bonchev–Trinajstić information content (AvgIpc) is 2.23. The van der Waals surface area contributed by atoms with Crippen molar-refractivity contribution >= 4 is 15.9 Å². The van der Waals surface area contributed by atoms with E-state index in [1.165, 1.54) is 30.4 Å². The highest BCUT2D eigenvalue weighted by Gasteiger charge is 2.22. The Hall–Kier alpha value is -0.300. The standard InChI is InChI=1S/C15H21Br/c1-10(2)8-12-5-6-13-11(3)4-7-15(16)14(13)9-12/h5-6,9-11,15H,4,7-8H2,1-3H3. The van der Waals surface area contributed by atoms with E-state index in [0.29, 0.717) is 4.83 Å². The summed E-state index contributed by atoms with van der Waals surface area (Å²) in [5.74, 6) is 1.48. The predicted octanol–water partition coefficient (Wildman–Crippen LogP) is 5.22. The third-order valence-electron chi connectivity index (χ3n) is 3.52. The molecule has 0 N–H and O–H groups in total. The second-order valence-corrected chi connectivity index (χ2v) is 6.61. The van der Waals surface area contributed by atoms with Crippen molar-refractivity contribution in [3.63, 3.8) is 0 Å². The second kappa shape index (κ2) is 4.91. The van der Waals surface area contributed by atoms with E-state index in [1.807, 2.05) is 0 Å². The Labute approximate surface area is 108 Å². The molecule has 0 bridgehead atoms. The zero-order valence-electron chi connectivity index (χ0n) is 10.5. The lowest BCUT2D eigenvalue weighted by atomic mass is 9.82.